The van der Waals surface area contributed by atoms with Gasteiger partial charge in [0.1, 0.15) is 0 Å². The van der Waals surface area contributed by atoms with E-state index in [9.17, 15) is 4.79 Å². The van der Waals surface area contributed by atoms with Crippen LogP contribution in [0.1, 0.15) is 11.3 Å². The van der Waals surface area contributed by atoms with Crippen molar-refractivity contribution < 1.29 is 4.79 Å². The number of fused-ring (bicyclic) bond motifs is 1. The lowest BCUT2D eigenvalue weighted by Crippen LogP contribution is -2.14. The number of carbonyl (C=O) groups excluding carboxylic acids is 1. The Balaban J connectivity index is 1.78. The summed E-state index contributed by atoms with van der Waals surface area (Å²) in [6.45, 7) is 2.00. The largest absolute Gasteiger partial charge is 0.359 e. The minimum absolute atomic E-state index is 0.0383. The molecule has 3 rings (SSSR count). The number of aromatic amines is 1. The Morgan fingerprint density at radius 2 is 1.95 bits per heavy atom. The molecule has 0 atom stereocenters. The van der Waals surface area contributed by atoms with Crippen LogP contribution >= 0.6 is 11.6 Å². The smallest absolute Gasteiger partial charge is 0.228 e. The van der Waals surface area contributed by atoms with Gasteiger partial charge in [-0.2, -0.15) is 0 Å². The van der Waals surface area contributed by atoms with Crippen LogP contribution < -0.4 is 5.32 Å². The highest BCUT2D eigenvalue weighted by Gasteiger charge is 2.08. The Morgan fingerprint density at radius 1 is 1.19 bits per heavy atom. The van der Waals surface area contributed by atoms with Crippen LogP contribution in [0.2, 0.25) is 5.02 Å². The molecule has 0 unspecified atom stereocenters. The molecular formula is C17H15ClN2O. The van der Waals surface area contributed by atoms with Crippen LogP contribution in [0.5, 0.6) is 0 Å². The van der Waals surface area contributed by atoms with Gasteiger partial charge < -0.3 is 10.3 Å². The summed E-state index contributed by atoms with van der Waals surface area (Å²) in [6, 6.07) is 15.2. The molecule has 0 fully saturated rings. The van der Waals surface area contributed by atoms with E-state index in [0.717, 1.165) is 27.8 Å². The van der Waals surface area contributed by atoms with Gasteiger partial charge in [0, 0.05) is 21.6 Å². The number of rotatable bonds is 3. The molecule has 0 bridgehead atoms. The number of amides is 1. The molecule has 1 amide bonds. The van der Waals surface area contributed by atoms with E-state index in [2.05, 4.69) is 10.3 Å². The van der Waals surface area contributed by atoms with Crippen LogP contribution in [0, 0.1) is 6.92 Å². The maximum absolute atomic E-state index is 12.2. The summed E-state index contributed by atoms with van der Waals surface area (Å²) in [5, 5.41) is 4.67. The average molecular weight is 299 g/mol. The highest BCUT2D eigenvalue weighted by Crippen LogP contribution is 2.24. The van der Waals surface area contributed by atoms with E-state index >= 15 is 0 Å². The minimum Gasteiger partial charge on any atom is -0.359 e. The van der Waals surface area contributed by atoms with E-state index in [0.29, 0.717) is 11.4 Å². The van der Waals surface area contributed by atoms with E-state index in [1.54, 1.807) is 12.1 Å². The highest BCUT2D eigenvalue weighted by atomic mass is 35.5. The zero-order valence-electron chi connectivity index (χ0n) is 11.6. The molecular weight excluding hydrogens is 284 g/mol. The topological polar surface area (TPSA) is 44.9 Å². The fourth-order valence-corrected chi connectivity index (χ4v) is 2.51. The molecule has 0 aliphatic carbocycles. The number of H-pyrrole nitrogens is 1. The summed E-state index contributed by atoms with van der Waals surface area (Å²) in [4.78, 5) is 15.4. The normalized spacial score (nSPS) is 10.8. The molecule has 0 radical (unpaired) electrons. The summed E-state index contributed by atoms with van der Waals surface area (Å²) in [5.41, 5.74) is 3.87. The molecule has 4 heteroatoms. The van der Waals surface area contributed by atoms with Gasteiger partial charge in [0.15, 0.2) is 0 Å². The van der Waals surface area contributed by atoms with E-state index in [4.69, 9.17) is 11.6 Å². The van der Waals surface area contributed by atoms with Crippen LogP contribution in [0.3, 0.4) is 0 Å². The Bertz CT molecular complexity index is 790. The average Bonchev–Trinajstić information content (AvgIpc) is 2.83. The minimum atomic E-state index is -0.0383. The van der Waals surface area contributed by atoms with Crippen molar-refractivity contribution in [3.05, 3.63) is 64.8 Å². The Morgan fingerprint density at radius 3 is 2.71 bits per heavy atom. The molecule has 0 aliphatic heterocycles. The van der Waals surface area contributed by atoms with Gasteiger partial charge in [-0.1, -0.05) is 29.8 Å². The van der Waals surface area contributed by atoms with Crippen LogP contribution in [-0.4, -0.2) is 10.9 Å². The summed E-state index contributed by atoms with van der Waals surface area (Å²) >= 11 is 5.84. The fourth-order valence-electron chi connectivity index (χ4n) is 2.39. The number of benzene rings is 2. The van der Waals surface area contributed by atoms with Gasteiger partial charge in [-0.25, -0.2) is 0 Å². The van der Waals surface area contributed by atoms with Crippen molar-refractivity contribution in [2.24, 2.45) is 0 Å². The molecule has 2 aromatic carbocycles. The number of hydrogen-bond donors (Lipinski definition) is 2. The molecule has 106 valence electrons. The maximum atomic E-state index is 12.2. The lowest BCUT2D eigenvalue weighted by molar-refractivity contribution is -0.115. The van der Waals surface area contributed by atoms with Gasteiger partial charge in [-0.05, 0) is 42.8 Å². The van der Waals surface area contributed by atoms with Crippen molar-refractivity contribution in [3.63, 3.8) is 0 Å². The van der Waals surface area contributed by atoms with Gasteiger partial charge in [0.05, 0.1) is 12.1 Å². The fraction of sp³-hybridized carbons (Fsp3) is 0.118. The van der Waals surface area contributed by atoms with E-state index in [1.807, 2.05) is 43.3 Å². The van der Waals surface area contributed by atoms with E-state index < -0.39 is 0 Å². The molecule has 0 saturated heterocycles. The second-order valence-electron chi connectivity index (χ2n) is 5.07. The predicted octanol–water partition coefficient (Wildman–Crippen LogP) is 4.31. The molecule has 1 heterocycles. The monoisotopic (exact) mass is 298 g/mol. The second kappa shape index (κ2) is 5.62. The first-order chi connectivity index (χ1) is 10.1. The molecule has 0 aliphatic rings. The second-order valence-corrected chi connectivity index (χ2v) is 5.51. The van der Waals surface area contributed by atoms with Crippen molar-refractivity contribution in [2.45, 2.75) is 13.3 Å². The zero-order valence-corrected chi connectivity index (χ0v) is 12.4. The van der Waals surface area contributed by atoms with E-state index in [1.165, 1.54) is 0 Å². The lowest BCUT2D eigenvalue weighted by atomic mass is 10.1. The van der Waals surface area contributed by atoms with Gasteiger partial charge in [-0.3, -0.25) is 4.79 Å². The van der Waals surface area contributed by atoms with Gasteiger partial charge >= 0.3 is 0 Å². The Hall–Kier alpha value is -2.26. The van der Waals surface area contributed by atoms with Gasteiger partial charge in [0.25, 0.3) is 0 Å². The van der Waals surface area contributed by atoms with Crippen molar-refractivity contribution >= 4 is 34.1 Å². The molecule has 2 N–H and O–H groups in total. The van der Waals surface area contributed by atoms with Crippen molar-refractivity contribution in [2.75, 3.05) is 5.32 Å². The Labute approximate surface area is 127 Å². The quantitative estimate of drug-likeness (QED) is 0.743. The first kappa shape index (κ1) is 13.7. The first-order valence-corrected chi connectivity index (χ1v) is 7.12. The molecule has 0 saturated carbocycles. The molecule has 3 nitrogen and oxygen atoms in total. The molecule has 3 aromatic rings. The lowest BCUT2D eigenvalue weighted by Gasteiger charge is -2.07. The van der Waals surface area contributed by atoms with Gasteiger partial charge in [-0.15, -0.1) is 0 Å². The number of aromatic nitrogens is 1. The van der Waals surface area contributed by atoms with Crippen molar-refractivity contribution in [3.8, 4) is 0 Å². The summed E-state index contributed by atoms with van der Waals surface area (Å²) in [6.07, 6.45) is 0.330. The number of anilines is 1. The van der Waals surface area contributed by atoms with Crippen LogP contribution in [-0.2, 0) is 11.2 Å². The first-order valence-electron chi connectivity index (χ1n) is 6.74. The third-order valence-electron chi connectivity index (χ3n) is 3.35. The maximum Gasteiger partial charge on any atom is 0.228 e. The number of nitrogens with one attached hydrogen (secondary N) is 2. The summed E-state index contributed by atoms with van der Waals surface area (Å²) in [5.74, 6) is -0.0383. The zero-order chi connectivity index (χ0) is 14.8. The summed E-state index contributed by atoms with van der Waals surface area (Å²) < 4.78 is 0. The third kappa shape index (κ3) is 3.09. The van der Waals surface area contributed by atoms with Gasteiger partial charge in [0.2, 0.25) is 5.91 Å². The van der Waals surface area contributed by atoms with Crippen molar-refractivity contribution in [1.29, 1.82) is 0 Å². The van der Waals surface area contributed by atoms with Crippen LogP contribution in [0.25, 0.3) is 10.9 Å². The summed E-state index contributed by atoms with van der Waals surface area (Å²) in [7, 11) is 0. The molecule has 21 heavy (non-hydrogen) atoms. The molecule has 1 aromatic heterocycles. The predicted molar refractivity (Wildman–Crippen MR) is 86.8 cm³/mol. The number of halogens is 1. The van der Waals surface area contributed by atoms with Crippen LogP contribution in [0.15, 0.2) is 48.5 Å². The van der Waals surface area contributed by atoms with Crippen molar-refractivity contribution in [1.82, 2.24) is 4.98 Å². The number of carbonyl (C=O) groups is 1. The number of hydrogen-bond acceptors (Lipinski definition) is 1. The highest BCUT2D eigenvalue weighted by molar-refractivity contribution is 6.30. The third-order valence-corrected chi connectivity index (χ3v) is 3.60. The number of aryl methyl sites for hydroxylation is 1. The standard InChI is InChI=1S/C17H15ClN2O/c1-11-9-14-15(19-11)3-2-4-16(14)20-17(21)10-12-5-7-13(18)8-6-12/h2-9,19H,10H2,1H3,(H,20,21). The molecule has 0 spiro atoms. The Kier molecular flexibility index (Phi) is 3.67. The SMILES string of the molecule is Cc1cc2c(NC(=O)Cc3ccc(Cl)cc3)cccc2[nH]1. The van der Waals surface area contributed by atoms with Crippen LogP contribution in [0.4, 0.5) is 5.69 Å². The van der Waals surface area contributed by atoms with E-state index in [-0.39, 0.29) is 5.91 Å².